The number of nitrogens with one attached hydrogen (secondary N) is 1. The highest BCUT2D eigenvalue weighted by molar-refractivity contribution is 5.75. The highest BCUT2D eigenvalue weighted by atomic mass is 16.5. The van der Waals surface area contributed by atoms with Crippen LogP contribution in [0.3, 0.4) is 0 Å². The summed E-state index contributed by atoms with van der Waals surface area (Å²) in [5, 5.41) is 3.31. The van der Waals surface area contributed by atoms with Crippen LogP contribution in [0.15, 0.2) is 6.07 Å². The molecule has 140 valence electrons. The molecule has 0 atom stereocenters. The first-order valence-electron chi connectivity index (χ1n) is 10.3. The van der Waals surface area contributed by atoms with E-state index in [0.29, 0.717) is 18.6 Å². The number of nitrogens with zero attached hydrogens (tertiary/aromatic N) is 1. The second-order valence-electron chi connectivity index (χ2n) is 8.16. The molecular weight excluding hydrogens is 328 g/mol. The Kier molecular flexibility index (Phi) is 4.18. The molecule has 0 unspecified atom stereocenters. The van der Waals surface area contributed by atoms with E-state index >= 15 is 0 Å². The number of benzene rings is 1. The van der Waals surface area contributed by atoms with E-state index in [4.69, 9.17) is 9.47 Å². The number of hydrogen-bond acceptors (Lipinski definition) is 3. The average molecular weight is 356 g/mol. The number of rotatable bonds is 4. The number of amides is 2. The molecule has 0 bridgehead atoms. The molecule has 1 N–H and O–H groups in total. The van der Waals surface area contributed by atoms with Crippen molar-refractivity contribution in [3.8, 4) is 11.5 Å². The van der Waals surface area contributed by atoms with E-state index in [1.54, 1.807) is 0 Å². The van der Waals surface area contributed by atoms with Crippen molar-refractivity contribution in [3.63, 3.8) is 0 Å². The Morgan fingerprint density at radius 3 is 2.69 bits per heavy atom. The standard InChI is InChI=1S/C21H28N2O3/c24-21(22-15-4-2-1-3-5-15)23(16-6-7-16)13-18-17-9-11-25-19(17)12-14-8-10-26-20(14)18/h12,15-16H,1-11,13H2,(H,22,24). The summed E-state index contributed by atoms with van der Waals surface area (Å²) < 4.78 is 11.8. The van der Waals surface area contributed by atoms with Gasteiger partial charge in [0, 0.05) is 41.6 Å². The zero-order valence-corrected chi connectivity index (χ0v) is 15.4. The Balaban J connectivity index is 1.39. The highest BCUT2D eigenvalue weighted by Crippen LogP contribution is 2.42. The van der Waals surface area contributed by atoms with Crippen LogP contribution in [0.2, 0.25) is 0 Å². The highest BCUT2D eigenvalue weighted by Gasteiger charge is 2.36. The molecular formula is C21H28N2O3. The number of carbonyl (C=O) groups excluding carboxylic acids is 1. The van der Waals surface area contributed by atoms with Crippen molar-refractivity contribution in [2.24, 2.45) is 0 Å². The van der Waals surface area contributed by atoms with Gasteiger partial charge in [0.1, 0.15) is 11.5 Å². The molecule has 0 aromatic heterocycles. The second-order valence-corrected chi connectivity index (χ2v) is 8.16. The minimum Gasteiger partial charge on any atom is -0.493 e. The van der Waals surface area contributed by atoms with E-state index in [1.807, 2.05) is 0 Å². The van der Waals surface area contributed by atoms with Crippen molar-refractivity contribution in [3.05, 3.63) is 22.8 Å². The number of ether oxygens (including phenoxy) is 2. The molecule has 5 rings (SSSR count). The van der Waals surface area contributed by atoms with E-state index in [9.17, 15) is 4.79 Å². The first-order chi connectivity index (χ1) is 12.8. The van der Waals surface area contributed by atoms with Crippen LogP contribution in [0.5, 0.6) is 11.5 Å². The Morgan fingerprint density at radius 2 is 1.88 bits per heavy atom. The molecule has 2 saturated carbocycles. The van der Waals surface area contributed by atoms with Gasteiger partial charge in [-0.25, -0.2) is 4.79 Å². The number of fused-ring (bicyclic) bond motifs is 2. The van der Waals surface area contributed by atoms with Crippen molar-refractivity contribution >= 4 is 6.03 Å². The number of carbonyl (C=O) groups is 1. The van der Waals surface area contributed by atoms with Gasteiger partial charge in [0.25, 0.3) is 0 Å². The zero-order valence-electron chi connectivity index (χ0n) is 15.4. The van der Waals surface area contributed by atoms with Crippen LogP contribution in [-0.2, 0) is 19.4 Å². The lowest BCUT2D eigenvalue weighted by atomic mass is 9.95. The summed E-state index contributed by atoms with van der Waals surface area (Å²) in [5.41, 5.74) is 3.68. The third-order valence-electron chi connectivity index (χ3n) is 6.27. The predicted molar refractivity (Wildman–Crippen MR) is 98.8 cm³/mol. The molecule has 2 aliphatic heterocycles. The van der Waals surface area contributed by atoms with Crippen LogP contribution in [0.25, 0.3) is 0 Å². The van der Waals surface area contributed by atoms with Crippen molar-refractivity contribution in [1.29, 1.82) is 0 Å². The van der Waals surface area contributed by atoms with E-state index in [2.05, 4.69) is 16.3 Å². The minimum absolute atomic E-state index is 0.114. The lowest BCUT2D eigenvalue weighted by Gasteiger charge is -2.29. The van der Waals surface area contributed by atoms with Crippen LogP contribution in [0, 0.1) is 0 Å². The van der Waals surface area contributed by atoms with Gasteiger partial charge in [-0.1, -0.05) is 19.3 Å². The molecule has 4 aliphatic rings. The molecule has 26 heavy (non-hydrogen) atoms. The van der Waals surface area contributed by atoms with E-state index in [-0.39, 0.29) is 6.03 Å². The van der Waals surface area contributed by atoms with Gasteiger partial charge in [-0.3, -0.25) is 0 Å². The Morgan fingerprint density at radius 1 is 1.08 bits per heavy atom. The van der Waals surface area contributed by atoms with Crippen molar-refractivity contribution in [2.45, 2.75) is 76.4 Å². The molecule has 2 fully saturated rings. The quantitative estimate of drug-likeness (QED) is 0.897. The first-order valence-corrected chi connectivity index (χ1v) is 10.3. The lowest BCUT2D eigenvalue weighted by Crippen LogP contribution is -2.46. The third kappa shape index (κ3) is 3.01. The van der Waals surface area contributed by atoms with E-state index in [0.717, 1.165) is 63.2 Å². The average Bonchev–Trinajstić information content (AvgIpc) is 3.19. The molecule has 0 saturated heterocycles. The van der Waals surface area contributed by atoms with Crippen LogP contribution in [0.4, 0.5) is 4.79 Å². The van der Waals surface area contributed by atoms with Crippen molar-refractivity contribution in [2.75, 3.05) is 13.2 Å². The summed E-state index contributed by atoms with van der Waals surface area (Å²) in [4.78, 5) is 15.1. The van der Waals surface area contributed by atoms with Crippen molar-refractivity contribution in [1.82, 2.24) is 10.2 Å². The molecule has 1 aromatic rings. The maximum Gasteiger partial charge on any atom is 0.318 e. The first kappa shape index (κ1) is 16.3. The van der Waals surface area contributed by atoms with E-state index in [1.165, 1.54) is 36.0 Å². The van der Waals surface area contributed by atoms with Gasteiger partial charge in [0.15, 0.2) is 0 Å². The topological polar surface area (TPSA) is 50.8 Å². The predicted octanol–water partition coefficient (Wildman–Crippen LogP) is 3.56. The number of urea groups is 1. The summed E-state index contributed by atoms with van der Waals surface area (Å²) in [5.74, 6) is 2.03. The van der Waals surface area contributed by atoms with Gasteiger partial charge in [-0.05, 0) is 31.7 Å². The molecule has 0 radical (unpaired) electrons. The molecule has 5 nitrogen and oxygen atoms in total. The van der Waals surface area contributed by atoms with Gasteiger partial charge in [-0.15, -0.1) is 0 Å². The molecule has 2 aliphatic carbocycles. The maximum absolute atomic E-state index is 13.0. The normalized spacial score (nSPS) is 21.5. The van der Waals surface area contributed by atoms with Crippen LogP contribution >= 0.6 is 0 Å². The fourth-order valence-electron chi connectivity index (χ4n) is 4.68. The second kappa shape index (κ2) is 6.67. The summed E-state index contributed by atoms with van der Waals surface area (Å²) in [6, 6.07) is 3.00. The zero-order chi connectivity index (χ0) is 17.5. The van der Waals surface area contributed by atoms with E-state index < -0.39 is 0 Å². The van der Waals surface area contributed by atoms with Gasteiger partial charge in [-0.2, -0.15) is 0 Å². The third-order valence-corrected chi connectivity index (χ3v) is 6.27. The summed E-state index contributed by atoms with van der Waals surface area (Å²) in [6.45, 7) is 2.13. The molecule has 5 heteroatoms. The lowest BCUT2D eigenvalue weighted by molar-refractivity contribution is 0.183. The Hall–Kier alpha value is -1.91. The monoisotopic (exact) mass is 356 g/mol. The summed E-state index contributed by atoms with van der Waals surface area (Å²) >= 11 is 0. The van der Waals surface area contributed by atoms with Crippen LogP contribution in [0.1, 0.15) is 61.6 Å². The smallest absolute Gasteiger partial charge is 0.318 e. The largest absolute Gasteiger partial charge is 0.493 e. The molecule has 2 amide bonds. The van der Waals surface area contributed by atoms with Gasteiger partial charge in [0.2, 0.25) is 0 Å². The minimum atomic E-state index is 0.114. The molecule has 0 spiro atoms. The van der Waals surface area contributed by atoms with Gasteiger partial charge >= 0.3 is 6.03 Å². The maximum atomic E-state index is 13.0. The number of hydrogen-bond donors (Lipinski definition) is 1. The van der Waals surface area contributed by atoms with Crippen LogP contribution in [-0.4, -0.2) is 36.2 Å². The molecule has 1 aromatic carbocycles. The summed E-state index contributed by atoms with van der Waals surface area (Å²) in [7, 11) is 0. The fourth-order valence-corrected chi connectivity index (χ4v) is 4.68. The Bertz CT molecular complexity index is 675. The van der Waals surface area contributed by atoms with Crippen LogP contribution < -0.4 is 14.8 Å². The summed E-state index contributed by atoms with van der Waals surface area (Å²) in [6.07, 6.45) is 10.1. The fraction of sp³-hybridized carbons (Fsp3) is 0.667. The van der Waals surface area contributed by atoms with Crippen molar-refractivity contribution < 1.29 is 14.3 Å². The SMILES string of the molecule is O=C(NC1CCCCC1)N(Cc1c2c(cc3c1OCC3)OCC2)C1CC1. The van der Waals surface area contributed by atoms with Gasteiger partial charge in [0.05, 0.1) is 19.8 Å². The molecule has 2 heterocycles. The van der Waals surface area contributed by atoms with Gasteiger partial charge < -0.3 is 19.7 Å². The Labute approximate surface area is 155 Å².